The van der Waals surface area contributed by atoms with Crippen LogP contribution in [0.15, 0.2) is 72.4 Å². The molecule has 5 heteroatoms. The molecule has 0 saturated carbocycles. The Kier molecular flexibility index (Phi) is 3.75. The second kappa shape index (κ2) is 6.07. The highest BCUT2D eigenvalue weighted by atomic mass is 35.5. The van der Waals surface area contributed by atoms with Crippen molar-refractivity contribution in [2.24, 2.45) is 0 Å². The summed E-state index contributed by atoms with van der Waals surface area (Å²) in [6.45, 7) is 0. The number of carbonyl (C=O) groups excluding carboxylic acids is 2. The van der Waals surface area contributed by atoms with Crippen LogP contribution < -0.4 is 10.2 Å². The predicted molar refractivity (Wildman–Crippen MR) is 99.4 cm³/mol. The molecule has 0 unspecified atom stereocenters. The summed E-state index contributed by atoms with van der Waals surface area (Å²) >= 11 is 5.86. The number of rotatable bonds is 2. The zero-order valence-electron chi connectivity index (χ0n) is 13.1. The Hall–Kier alpha value is -3.11. The minimum atomic E-state index is -0.473. The van der Waals surface area contributed by atoms with Crippen LogP contribution in [0.2, 0.25) is 5.02 Å². The zero-order valence-corrected chi connectivity index (χ0v) is 13.8. The number of hydrogen-bond acceptors (Lipinski definition) is 2. The van der Waals surface area contributed by atoms with Crippen LogP contribution in [0, 0.1) is 0 Å². The molecule has 1 fully saturated rings. The van der Waals surface area contributed by atoms with Crippen molar-refractivity contribution in [2.75, 3.05) is 4.90 Å². The van der Waals surface area contributed by atoms with Crippen LogP contribution in [0.4, 0.5) is 10.5 Å². The normalized spacial score (nSPS) is 15.9. The number of fused-ring (bicyclic) bond motifs is 1. The molecule has 0 radical (unpaired) electrons. The maximum absolute atomic E-state index is 12.6. The van der Waals surface area contributed by atoms with Gasteiger partial charge in [0.2, 0.25) is 0 Å². The largest absolute Gasteiger partial charge is 0.333 e. The number of urea groups is 1. The van der Waals surface area contributed by atoms with Gasteiger partial charge in [0, 0.05) is 5.02 Å². The molecule has 4 rings (SSSR count). The first-order chi connectivity index (χ1) is 12.1. The molecule has 1 aliphatic heterocycles. The van der Waals surface area contributed by atoms with Crippen molar-refractivity contribution in [3.05, 3.63) is 83.0 Å². The molecule has 1 N–H and O–H groups in total. The molecule has 0 spiro atoms. The highest BCUT2D eigenvalue weighted by Crippen LogP contribution is 2.24. The summed E-state index contributed by atoms with van der Waals surface area (Å²) in [6.07, 6.45) is 1.68. The Labute approximate surface area is 149 Å². The SMILES string of the molecule is O=C1N/C(=C\c2ccc3ccccc3c2)C(=O)N1c1ccc(Cl)cc1. The molecular formula is C20H13ClN2O2. The number of hydrogen-bond donors (Lipinski definition) is 1. The van der Waals surface area contributed by atoms with Gasteiger partial charge in [-0.3, -0.25) is 4.79 Å². The zero-order chi connectivity index (χ0) is 17.4. The number of halogens is 1. The van der Waals surface area contributed by atoms with Crippen LogP contribution in [-0.4, -0.2) is 11.9 Å². The molecule has 0 aliphatic carbocycles. The molecule has 3 aromatic rings. The molecule has 1 heterocycles. The Morgan fingerprint density at radius 1 is 0.880 bits per heavy atom. The van der Waals surface area contributed by atoms with Crippen LogP contribution in [0.5, 0.6) is 0 Å². The van der Waals surface area contributed by atoms with Crippen molar-refractivity contribution in [1.82, 2.24) is 5.32 Å². The standard InChI is InChI=1S/C20H13ClN2O2/c21-16-7-9-17(10-8-16)23-19(24)18(22-20(23)25)12-13-5-6-14-3-1-2-4-15(14)11-13/h1-12H,(H,22,25)/b18-12-. The molecule has 0 aromatic heterocycles. The number of imide groups is 1. The molecule has 0 atom stereocenters. The monoisotopic (exact) mass is 348 g/mol. The molecule has 3 aromatic carbocycles. The van der Waals surface area contributed by atoms with Crippen LogP contribution >= 0.6 is 11.6 Å². The Morgan fingerprint density at radius 2 is 1.60 bits per heavy atom. The van der Waals surface area contributed by atoms with Crippen molar-refractivity contribution in [2.45, 2.75) is 0 Å². The summed E-state index contributed by atoms with van der Waals surface area (Å²) in [5.41, 5.74) is 1.57. The fourth-order valence-electron chi connectivity index (χ4n) is 2.82. The van der Waals surface area contributed by atoms with E-state index < -0.39 is 6.03 Å². The Morgan fingerprint density at radius 3 is 2.36 bits per heavy atom. The van der Waals surface area contributed by atoms with Gasteiger partial charge in [0.25, 0.3) is 5.91 Å². The smallest absolute Gasteiger partial charge is 0.302 e. The third-order valence-electron chi connectivity index (χ3n) is 4.05. The fraction of sp³-hybridized carbons (Fsp3) is 0. The van der Waals surface area contributed by atoms with Crippen molar-refractivity contribution in [3.63, 3.8) is 0 Å². The third kappa shape index (κ3) is 2.88. The molecular weight excluding hydrogens is 336 g/mol. The van der Waals surface area contributed by atoms with Gasteiger partial charge in [-0.1, -0.05) is 48.0 Å². The second-order valence-corrected chi connectivity index (χ2v) is 6.15. The van der Waals surface area contributed by atoms with Gasteiger partial charge in [-0.25, -0.2) is 9.69 Å². The number of carbonyl (C=O) groups is 2. The number of amides is 3. The summed E-state index contributed by atoms with van der Waals surface area (Å²) in [5.74, 6) is -0.388. The topological polar surface area (TPSA) is 49.4 Å². The lowest BCUT2D eigenvalue weighted by Crippen LogP contribution is -2.30. The number of nitrogens with zero attached hydrogens (tertiary/aromatic N) is 1. The van der Waals surface area contributed by atoms with E-state index in [2.05, 4.69) is 5.32 Å². The lowest BCUT2D eigenvalue weighted by atomic mass is 10.1. The minimum Gasteiger partial charge on any atom is -0.302 e. The lowest BCUT2D eigenvalue weighted by Gasteiger charge is -2.11. The van der Waals surface area contributed by atoms with Gasteiger partial charge < -0.3 is 5.32 Å². The van der Waals surface area contributed by atoms with E-state index >= 15 is 0 Å². The van der Waals surface area contributed by atoms with Crippen molar-refractivity contribution < 1.29 is 9.59 Å². The summed E-state index contributed by atoms with van der Waals surface area (Å²) in [7, 11) is 0. The number of anilines is 1. The highest BCUT2D eigenvalue weighted by Gasteiger charge is 2.34. The average molecular weight is 349 g/mol. The summed E-state index contributed by atoms with van der Waals surface area (Å²) in [5, 5.41) is 5.37. The van der Waals surface area contributed by atoms with Gasteiger partial charge in [0.1, 0.15) is 5.70 Å². The fourth-order valence-corrected chi connectivity index (χ4v) is 2.95. The molecule has 122 valence electrons. The van der Waals surface area contributed by atoms with E-state index in [1.807, 2.05) is 42.5 Å². The van der Waals surface area contributed by atoms with E-state index in [-0.39, 0.29) is 11.6 Å². The van der Waals surface area contributed by atoms with Gasteiger partial charge in [-0.2, -0.15) is 0 Å². The second-order valence-electron chi connectivity index (χ2n) is 5.71. The Bertz CT molecular complexity index is 1030. The Balaban J connectivity index is 1.68. The van der Waals surface area contributed by atoms with E-state index in [0.717, 1.165) is 21.2 Å². The van der Waals surface area contributed by atoms with Gasteiger partial charge >= 0.3 is 6.03 Å². The van der Waals surface area contributed by atoms with Gasteiger partial charge in [0.15, 0.2) is 0 Å². The van der Waals surface area contributed by atoms with Gasteiger partial charge in [-0.05, 0) is 52.7 Å². The molecule has 1 aliphatic rings. The third-order valence-corrected chi connectivity index (χ3v) is 4.30. The molecule has 4 nitrogen and oxygen atoms in total. The van der Waals surface area contributed by atoms with E-state index in [4.69, 9.17) is 11.6 Å². The van der Waals surface area contributed by atoms with Crippen LogP contribution in [0.3, 0.4) is 0 Å². The van der Waals surface area contributed by atoms with Gasteiger partial charge in [0.05, 0.1) is 5.69 Å². The summed E-state index contributed by atoms with van der Waals surface area (Å²) < 4.78 is 0. The van der Waals surface area contributed by atoms with Gasteiger partial charge in [-0.15, -0.1) is 0 Å². The molecule has 0 bridgehead atoms. The number of benzene rings is 3. The van der Waals surface area contributed by atoms with E-state index in [0.29, 0.717) is 10.7 Å². The highest BCUT2D eigenvalue weighted by molar-refractivity contribution is 6.31. The molecule has 25 heavy (non-hydrogen) atoms. The van der Waals surface area contributed by atoms with Crippen molar-refractivity contribution >= 4 is 46.1 Å². The van der Waals surface area contributed by atoms with Crippen LogP contribution in [0.25, 0.3) is 16.8 Å². The van der Waals surface area contributed by atoms with E-state index in [1.54, 1.807) is 30.3 Å². The quantitative estimate of drug-likeness (QED) is 0.544. The lowest BCUT2D eigenvalue weighted by molar-refractivity contribution is -0.113. The minimum absolute atomic E-state index is 0.246. The predicted octanol–water partition coefficient (Wildman–Crippen LogP) is 4.59. The molecule has 1 saturated heterocycles. The maximum Gasteiger partial charge on any atom is 0.333 e. The summed E-state index contributed by atoms with van der Waals surface area (Å²) in [4.78, 5) is 25.9. The first kappa shape index (κ1) is 15.4. The maximum atomic E-state index is 12.6. The van der Waals surface area contributed by atoms with Crippen LogP contribution in [0.1, 0.15) is 5.56 Å². The first-order valence-corrected chi connectivity index (χ1v) is 8.11. The first-order valence-electron chi connectivity index (χ1n) is 7.73. The van der Waals surface area contributed by atoms with Crippen molar-refractivity contribution in [1.29, 1.82) is 0 Å². The van der Waals surface area contributed by atoms with E-state index in [9.17, 15) is 9.59 Å². The number of nitrogens with one attached hydrogen (secondary N) is 1. The summed E-state index contributed by atoms with van der Waals surface area (Å²) in [6, 6.07) is 19.9. The van der Waals surface area contributed by atoms with Crippen molar-refractivity contribution in [3.8, 4) is 0 Å². The van der Waals surface area contributed by atoms with Crippen LogP contribution in [-0.2, 0) is 4.79 Å². The molecule has 3 amide bonds. The average Bonchev–Trinajstić information content (AvgIpc) is 2.89. The van der Waals surface area contributed by atoms with E-state index in [1.165, 1.54) is 0 Å².